The van der Waals surface area contributed by atoms with Crippen LogP contribution in [0.25, 0.3) is 6.08 Å². The van der Waals surface area contributed by atoms with Gasteiger partial charge in [0.05, 0.1) is 13.2 Å². The van der Waals surface area contributed by atoms with Crippen molar-refractivity contribution in [2.45, 2.75) is 43.5 Å². The number of rotatable bonds is 7. The van der Waals surface area contributed by atoms with E-state index >= 15 is 0 Å². The van der Waals surface area contributed by atoms with E-state index in [-0.39, 0.29) is 36.2 Å². The molecular formula is C21H27NO9. The zero-order chi connectivity index (χ0) is 22.7. The molecule has 0 spiro atoms. The molecule has 1 aliphatic carbocycles. The van der Waals surface area contributed by atoms with E-state index in [4.69, 9.17) is 18.9 Å². The number of ether oxygens (including phenoxy) is 4. The van der Waals surface area contributed by atoms with Crippen LogP contribution in [0.4, 0.5) is 0 Å². The van der Waals surface area contributed by atoms with E-state index < -0.39 is 42.5 Å². The first-order valence-corrected chi connectivity index (χ1v) is 9.69. The van der Waals surface area contributed by atoms with Crippen molar-refractivity contribution in [3.63, 3.8) is 0 Å². The van der Waals surface area contributed by atoms with E-state index in [9.17, 15) is 25.2 Å². The lowest BCUT2D eigenvalue weighted by molar-refractivity contribution is -0.155. The van der Waals surface area contributed by atoms with Crippen LogP contribution in [0, 0.1) is 0 Å². The molecule has 1 aliphatic heterocycles. The van der Waals surface area contributed by atoms with Gasteiger partial charge in [-0.1, -0.05) is 12.7 Å². The number of aliphatic hydroxyl groups is 3. The third-order valence-corrected chi connectivity index (χ3v) is 5.27. The van der Waals surface area contributed by atoms with Gasteiger partial charge < -0.3 is 44.7 Å². The number of phenols is 1. The Balaban J connectivity index is 1.76. The maximum absolute atomic E-state index is 12.7. The first-order chi connectivity index (χ1) is 14.8. The molecule has 170 valence electrons. The summed E-state index contributed by atoms with van der Waals surface area (Å²) in [7, 11) is 1.42. The first-order valence-electron chi connectivity index (χ1n) is 9.69. The number of fused-ring (bicyclic) bond motifs is 1. The normalized spacial score (nSPS) is 30.4. The lowest BCUT2D eigenvalue weighted by Gasteiger charge is -2.41. The minimum absolute atomic E-state index is 0.117. The number of benzene rings is 1. The molecule has 1 amide bonds. The van der Waals surface area contributed by atoms with E-state index in [0.29, 0.717) is 5.56 Å². The minimum Gasteiger partial charge on any atom is -0.504 e. The molecule has 3 rings (SSSR count). The molecule has 1 aromatic rings. The number of amides is 1. The number of methoxy groups -OCH3 is 1. The molecule has 10 nitrogen and oxygen atoms in total. The van der Waals surface area contributed by atoms with Crippen molar-refractivity contribution in [2.24, 2.45) is 0 Å². The van der Waals surface area contributed by atoms with Gasteiger partial charge in [-0.2, -0.15) is 0 Å². The summed E-state index contributed by atoms with van der Waals surface area (Å²) in [6, 6.07) is 1.82. The number of hydrogen-bond donors (Lipinski definition) is 5. The average molecular weight is 437 g/mol. The molecule has 1 aromatic carbocycles. The van der Waals surface area contributed by atoms with Crippen molar-refractivity contribution in [1.82, 2.24) is 5.32 Å². The quantitative estimate of drug-likeness (QED) is 0.286. The van der Waals surface area contributed by atoms with Crippen LogP contribution >= 0.6 is 0 Å². The molecule has 5 N–H and O–H groups in total. The highest BCUT2D eigenvalue weighted by molar-refractivity contribution is 5.97. The van der Waals surface area contributed by atoms with Gasteiger partial charge in [0.25, 0.3) is 0 Å². The van der Waals surface area contributed by atoms with Crippen molar-refractivity contribution < 1.29 is 44.2 Å². The highest BCUT2D eigenvalue weighted by atomic mass is 16.7. The number of carbonyl (C=O) groups excluding carboxylic acids is 1. The van der Waals surface area contributed by atoms with Crippen LogP contribution in [0.3, 0.4) is 0 Å². The molecule has 1 saturated heterocycles. The van der Waals surface area contributed by atoms with Crippen LogP contribution < -0.4 is 14.8 Å². The molecule has 0 radical (unpaired) electrons. The molecule has 0 bridgehead atoms. The van der Waals surface area contributed by atoms with Crippen molar-refractivity contribution in [3.05, 3.63) is 35.9 Å². The predicted molar refractivity (Wildman–Crippen MR) is 109 cm³/mol. The van der Waals surface area contributed by atoms with E-state index in [0.717, 1.165) is 0 Å². The molecule has 6 atom stereocenters. The third kappa shape index (κ3) is 4.68. The SMILES string of the molecule is C=CCOc1c(O)cc(/C=C(\C)C(=O)NC2[C@@H](O)[C@@H]3OCO[C@@H]3[C@H](O)[C@H]2O)cc1OC. The van der Waals surface area contributed by atoms with Gasteiger partial charge >= 0.3 is 0 Å². The largest absolute Gasteiger partial charge is 0.504 e. The topological polar surface area (TPSA) is 147 Å². The third-order valence-electron chi connectivity index (χ3n) is 5.27. The molecule has 0 aromatic heterocycles. The molecule has 1 unspecified atom stereocenters. The first kappa shape index (κ1) is 23.0. The zero-order valence-corrected chi connectivity index (χ0v) is 17.2. The fourth-order valence-electron chi connectivity index (χ4n) is 3.67. The molecule has 2 aliphatic rings. The van der Waals surface area contributed by atoms with E-state index in [1.54, 1.807) is 6.07 Å². The highest BCUT2D eigenvalue weighted by Crippen LogP contribution is 2.38. The second-order valence-electron chi connectivity index (χ2n) is 7.35. The Labute approximate surface area is 179 Å². The van der Waals surface area contributed by atoms with Gasteiger partial charge in [-0.25, -0.2) is 0 Å². The van der Waals surface area contributed by atoms with Crippen LogP contribution in [0.5, 0.6) is 17.2 Å². The number of hydrogen-bond acceptors (Lipinski definition) is 9. The Morgan fingerprint density at radius 2 is 1.90 bits per heavy atom. The molecule has 31 heavy (non-hydrogen) atoms. The van der Waals surface area contributed by atoms with Gasteiger partial charge in [0.2, 0.25) is 11.7 Å². The van der Waals surface area contributed by atoms with Crippen LogP contribution in [-0.4, -0.2) is 83.4 Å². The average Bonchev–Trinajstić information content (AvgIpc) is 3.24. The van der Waals surface area contributed by atoms with Crippen LogP contribution in [0.15, 0.2) is 30.4 Å². The van der Waals surface area contributed by atoms with Gasteiger partial charge in [-0.15, -0.1) is 0 Å². The van der Waals surface area contributed by atoms with Crippen LogP contribution in [-0.2, 0) is 14.3 Å². The van der Waals surface area contributed by atoms with E-state index in [2.05, 4.69) is 11.9 Å². The minimum atomic E-state index is -1.44. The Morgan fingerprint density at radius 1 is 1.23 bits per heavy atom. The maximum Gasteiger partial charge on any atom is 0.247 e. The number of phenolic OH excluding ortho intramolecular Hbond substituents is 1. The van der Waals surface area contributed by atoms with Crippen LogP contribution in [0.2, 0.25) is 0 Å². The maximum atomic E-state index is 12.7. The summed E-state index contributed by atoms with van der Waals surface area (Å²) in [5, 5.41) is 43.8. The molecule has 2 fully saturated rings. The zero-order valence-electron chi connectivity index (χ0n) is 17.2. The molecule has 1 saturated carbocycles. The van der Waals surface area contributed by atoms with Crippen molar-refractivity contribution in [1.29, 1.82) is 0 Å². The van der Waals surface area contributed by atoms with Gasteiger partial charge in [0, 0.05) is 5.57 Å². The smallest absolute Gasteiger partial charge is 0.247 e. The van der Waals surface area contributed by atoms with Gasteiger partial charge in [-0.05, 0) is 30.7 Å². The lowest BCUT2D eigenvalue weighted by atomic mass is 9.83. The van der Waals surface area contributed by atoms with Crippen molar-refractivity contribution in [3.8, 4) is 17.2 Å². The Morgan fingerprint density at radius 3 is 2.55 bits per heavy atom. The second kappa shape index (κ2) is 9.67. The van der Waals surface area contributed by atoms with E-state index in [1.807, 2.05) is 0 Å². The number of aliphatic hydroxyl groups excluding tert-OH is 3. The van der Waals surface area contributed by atoms with Crippen molar-refractivity contribution in [2.75, 3.05) is 20.5 Å². The van der Waals surface area contributed by atoms with Gasteiger partial charge in [-0.3, -0.25) is 4.79 Å². The Kier molecular flexibility index (Phi) is 7.19. The Hall–Kier alpha value is -2.63. The van der Waals surface area contributed by atoms with Gasteiger partial charge in [0.15, 0.2) is 11.5 Å². The summed E-state index contributed by atoms with van der Waals surface area (Å²) in [5.41, 5.74) is 0.686. The van der Waals surface area contributed by atoms with Gasteiger partial charge in [0.1, 0.15) is 43.9 Å². The standard InChI is InChI=1S/C21H27NO9/c1-4-5-29-18-12(23)7-11(8-13(18)28-3)6-10(2)21(27)22-14-15(24)17(26)20-19(16(14)25)30-9-31-20/h4,6-8,14-17,19-20,23-26H,1,5,9H2,2-3H3,(H,22,27)/b10-6+/t14?,15-,16+,17+,19-,20+/m0/s1. The summed E-state index contributed by atoms with van der Waals surface area (Å²) >= 11 is 0. The summed E-state index contributed by atoms with van der Waals surface area (Å²) in [6.07, 6.45) is -2.76. The summed E-state index contributed by atoms with van der Waals surface area (Å²) < 4.78 is 21.1. The van der Waals surface area contributed by atoms with E-state index in [1.165, 1.54) is 32.3 Å². The Bertz CT molecular complexity index is 855. The van der Waals surface area contributed by atoms with Crippen LogP contribution in [0.1, 0.15) is 12.5 Å². The predicted octanol–water partition coefficient (Wildman–Crippen LogP) is -0.309. The molecule has 10 heteroatoms. The monoisotopic (exact) mass is 437 g/mol. The second-order valence-corrected chi connectivity index (χ2v) is 7.35. The van der Waals surface area contributed by atoms with Crippen molar-refractivity contribution >= 4 is 12.0 Å². The highest BCUT2D eigenvalue weighted by Gasteiger charge is 2.53. The molecule has 1 heterocycles. The lowest BCUT2D eigenvalue weighted by Crippen LogP contribution is -2.67. The molecular weight excluding hydrogens is 410 g/mol. The summed E-state index contributed by atoms with van der Waals surface area (Å²) in [5.74, 6) is -0.339. The summed E-state index contributed by atoms with van der Waals surface area (Å²) in [4.78, 5) is 12.7. The fraction of sp³-hybridized carbons (Fsp3) is 0.476. The number of aromatic hydroxyl groups is 1. The number of nitrogens with one attached hydrogen (secondary N) is 1. The number of carbonyl (C=O) groups is 1. The fourth-order valence-corrected chi connectivity index (χ4v) is 3.67. The summed E-state index contributed by atoms with van der Waals surface area (Å²) in [6.45, 7) is 5.13.